The normalized spacial score (nSPS) is 13.8. The summed E-state index contributed by atoms with van der Waals surface area (Å²) in [5.74, 6) is 0.0174. The first-order valence-electron chi connectivity index (χ1n) is 32.6. The molecule has 11 heteroatoms. The van der Waals surface area contributed by atoms with Crippen LogP contribution in [0.15, 0.2) is 12.2 Å². The van der Waals surface area contributed by atoms with E-state index >= 15 is 0 Å². The molecule has 76 heavy (non-hydrogen) atoms. The fourth-order valence-electron chi connectivity index (χ4n) is 10.5. The number of amides is 1. The summed E-state index contributed by atoms with van der Waals surface area (Å²) < 4.78 is 23.5. The van der Waals surface area contributed by atoms with E-state index in [1.54, 1.807) is 0 Å². The molecule has 1 amide bonds. The first-order valence-corrected chi connectivity index (χ1v) is 32.6. The molecule has 1 heterocycles. The molecule has 0 aromatic rings. The lowest BCUT2D eigenvalue weighted by Crippen LogP contribution is -2.40. The molecule has 446 valence electrons. The van der Waals surface area contributed by atoms with Crippen LogP contribution in [0.25, 0.3) is 0 Å². The van der Waals surface area contributed by atoms with E-state index in [1.807, 2.05) is 4.90 Å². The molecule has 2 unspecified atom stereocenters. The number of hydrogen-bond donors (Lipinski definition) is 1. The van der Waals surface area contributed by atoms with Crippen molar-refractivity contribution < 1.29 is 43.2 Å². The SMILES string of the molecule is CCCCC/C=C\CCC(=O)N(CCCN1CCCC1)CC(COC(=O)CCCCCCC(=O)OCC(CCCCCC)CCCCCC)COC(=O)CCCCCCC(O)OCC(CCCCCC)CCCCCC. The number of aliphatic hydroxyl groups is 1. The van der Waals surface area contributed by atoms with Crippen LogP contribution in [0.3, 0.4) is 0 Å². The molecule has 1 rings (SSSR count). The van der Waals surface area contributed by atoms with Gasteiger partial charge in [-0.05, 0) is 128 Å². The van der Waals surface area contributed by atoms with Crippen molar-refractivity contribution in [2.24, 2.45) is 17.8 Å². The molecule has 0 radical (unpaired) electrons. The number of carbonyl (C=O) groups is 4. The molecular formula is C65H122N2O9. The molecule has 1 aliphatic rings. The lowest BCUT2D eigenvalue weighted by molar-refractivity contribution is -0.150. The fourth-order valence-corrected chi connectivity index (χ4v) is 10.5. The van der Waals surface area contributed by atoms with E-state index in [-0.39, 0.29) is 49.4 Å². The Balaban J connectivity index is 2.73. The summed E-state index contributed by atoms with van der Waals surface area (Å²) in [5, 5.41) is 10.6. The molecule has 1 fully saturated rings. The van der Waals surface area contributed by atoms with Crippen LogP contribution in [0.2, 0.25) is 0 Å². The second-order valence-corrected chi connectivity index (χ2v) is 22.9. The van der Waals surface area contributed by atoms with Gasteiger partial charge in [0.25, 0.3) is 0 Å². The first-order chi connectivity index (χ1) is 37.1. The minimum Gasteiger partial charge on any atom is -0.465 e. The van der Waals surface area contributed by atoms with Gasteiger partial charge in [0.15, 0.2) is 6.29 Å². The van der Waals surface area contributed by atoms with Gasteiger partial charge in [0.05, 0.1) is 26.4 Å². The molecular weight excluding hydrogens is 953 g/mol. The van der Waals surface area contributed by atoms with Crippen molar-refractivity contribution in [2.45, 2.75) is 304 Å². The lowest BCUT2D eigenvalue weighted by atomic mass is 9.95. The van der Waals surface area contributed by atoms with Crippen molar-refractivity contribution in [3.8, 4) is 0 Å². The number of rotatable bonds is 56. The van der Waals surface area contributed by atoms with Gasteiger partial charge in [-0.25, -0.2) is 0 Å². The van der Waals surface area contributed by atoms with Gasteiger partial charge in [-0.3, -0.25) is 19.2 Å². The average Bonchev–Trinajstić information content (AvgIpc) is 3.95. The molecule has 0 aliphatic carbocycles. The van der Waals surface area contributed by atoms with Crippen molar-refractivity contribution in [1.29, 1.82) is 0 Å². The van der Waals surface area contributed by atoms with E-state index in [4.69, 9.17) is 18.9 Å². The molecule has 0 aromatic heterocycles. The van der Waals surface area contributed by atoms with Gasteiger partial charge in [0.2, 0.25) is 5.91 Å². The Morgan fingerprint density at radius 1 is 0.447 bits per heavy atom. The summed E-state index contributed by atoms with van der Waals surface area (Å²) in [6, 6.07) is 0. The number of unbranched alkanes of at least 4 members (excludes halogenated alkanes) is 21. The zero-order valence-electron chi connectivity index (χ0n) is 50.4. The lowest BCUT2D eigenvalue weighted by Gasteiger charge is -2.28. The molecule has 0 saturated carbocycles. The Hall–Kier alpha value is -2.50. The highest BCUT2D eigenvalue weighted by Gasteiger charge is 2.23. The molecule has 0 aromatic carbocycles. The average molecular weight is 1080 g/mol. The second-order valence-electron chi connectivity index (χ2n) is 22.9. The number of hydrogen-bond acceptors (Lipinski definition) is 10. The standard InChI is InChI=1S/C65H122N2O9/c1-6-11-16-21-22-23-32-44-61(68)67(52-39-51-66-49-37-38-50-66)53-60(56-75-64(71)47-35-26-24-33-45-62(69)73-54-58(40-28-17-12-7-2)41-29-18-13-8-3)57-76-65(72)48-36-27-25-34-46-63(70)74-55-59(42-30-19-14-9-4)43-31-20-15-10-5/h22-23,58-60,62,69H,6-21,24-57H2,1-5H3/b23-22-. The summed E-state index contributed by atoms with van der Waals surface area (Å²) in [5.41, 5.74) is 0. The van der Waals surface area contributed by atoms with Crippen LogP contribution < -0.4 is 0 Å². The highest BCUT2D eigenvalue weighted by Crippen LogP contribution is 2.22. The Morgan fingerprint density at radius 3 is 1.32 bits per heavy atom. The number of ether oxygens (including phenoxy) is 4. The van der Waals surface area contributed by atoms with E-state index in [1.165, 1.54) is 141 Å². The van der Waals surface area contributed by atoms with Crippen LogP contribution in [0, 0.1) is 17.8 Å². The maximum absolute atomic E-state index is 13.8. The van der Waals surface area contributed by atoms with Crippen LogP contribution >= 0.6 is 0 Å². The highest BCUT2D eigenvalue weighted by molar-refractivity contribution is 5.76. The van der Waals surface area contributed by atoms with Crippen LogP contribution in [0.1, 0.15) is 298 Å². The third kappa shape index (κ3) is 44.4. The van der Waals surface area contributed by atoms with Gasteiger partial charge >= 0.3 is 17.9 Å². The number of carbonyl (C=O) groups excluding carboxylic acids is 4. The van der Waals surface area contributed by atoms with E-state index in [9.17, 15) is 24.3 Å². The number of esters is 3. The Bertz CT molecular complexity index is 1350. The largest absolute Gasteiger partial charge is 0.465 e. The van der Waals surface area contributed by atoms with Crippen LogP contribution in [0.5, 0.6) is 0 Å². The molecule has 0 bridgehead atoms. The molecule has 1 aliphatic heterocycles. The van der Waals surface area contributed by atoms with E-state index in [0.717, 1.165) is 90.3 Å². The summed E-state index contributed by atoms with van der Waals surface area (Å²) >= 11 is 0. The van der Waals surface area contributed by atoms with Gasteiger partial charge < -0.3 is 33.9 Å². The van der Waals surface area contributed by atoms with Crippen LogP contribution in [-0.2, 0) is 38.1 Å². The van der Waals surface area contributed by atoms with E-state index < -0.39 is 6.29 Å². The molecule has 0 spiro atoms. The van der Waals surface area contributed by atoms with Crippen molar-refractivity contribution in [1.82, 2.24) is 9.80 Å². The fraction of sp³-hybridized carbons (Fsp3) is 0.908. The predicted octanol–water partition coefficient (Wildman–Crippen LogP) is 16.6. The van der Waals surface area contributed by atoms with Crippen molar-refractivity contribution in [3.05, 3.63) is 12.2 Å². The monoisotopic (exact) mass is 1070 g/mol. The molecule has 1 N–H and O–H groups in total. The maximum atomic E-state index is 13.8. The van der Waals surface area contributed by atoms with E-state index in [2.05, 4.69) is 51.7 Å². The zero-order valence-corrected chi connectivity index (χ0v) is 50.4. The molecule has 11 nitrogen and oxygen atoms in total. The van der Waals surface area contributed by atoms with Crippen molar-refractivity contribution in [3.63, 3.8) is 0 Å². The van der Waals surface area contributed by atoms with Crippen molar-refractivity contribution in [2.75, 3.05) is 59.2 Å². The number of aliphatic hydroxyl groups excluding tert-OH is 1. The minimum atomic E-state index is -0.747. The van der Waals surface area contributed by atoms with Gasteiger partial charge in [0.1, 0.15) is 0 Å². The first kappa shape index (κ1) is 71.5. The topological polar surface area (TPSA) is 132 Å². The smallest absolute Gasteiger partial charge is 0.305 e. The Morgan fingerprint density at radius 2 is 0.842 bits per heavy atom. The summed E-state index contributed by atoms with van der Waals surface area (Å²) in [7, 11) is 0. The van der Waals surface area contributed by atoms with Crippen molar-refractivity contribution >= 4 is 23.8 Å². The van der Waals surface area contributed by atoms with Gasteiger partial charge in [-0.2, -0.15) is 0 Å². The zero-order chi connectivity index (χ0) is 55.4. The highest BCUT2D eigenvalue weighted by atomic mass is 16.6. The molecule has 2 atom stereocenters. The van der Waals surface area contributed by atoms with Gasteiger partial charge in [-0.15, -0.1) is 0 Å². The van der Waals surface area contributed by atoms with E-state index in [0.29, 0.717) is 83.1 Å². The summed E-state index contributed by atoms with van der Waals surface area (Å²) in [6.45, 7) is 16.6. The van der Waals surface area contributed by atoms with Crippen LogP contribution in [-0.4, -0.2) is 104 Å². The summed E-state index contributed by atoms with van der Waals surface area (Å²) in [6.07, 6.45) is 45.1. The predicted molar refractivity (Wildman–Crippen MR) is 315 cm³/mol. The number of allylic oxidation sites excluding steroid dienone is 2. The second kappa shape index (κ2) is 53.2. The van der Waals surface area contributed by atoms with Crippen LogP contribution in [0.4, 0.5) is 0 Å². The van der Waals surface area contributed by atoms with Gasteiger partial charge in [0, 0.05) is 44.7 Å². The third-order valence-electron chi connectivity index (χ3n) is 15.5. The quantitative estimate of drug-likeness (QED) is 0.0206. The number of nitrogens with zero attached hydrogens (tertiary/aromatic N) is 2. The summed E-state index contributed by atoms with van der Waals surface area (Å²) in [4.78, 5) is 57.2. The van der Waals surface area contributed by atoms with Gasteiger partial charge in [-0.1, -0.05) is 188 Å². The Kier molecular flexibility index (Phi) is 50.0. The minimum absolute atomic E-state index is 0.0756. The maximum Gasteiger partial charge on any atom is 0.305 e. The third-order valence-corrected chi connectivity index (χ3v) is 15.5. The molecule has 1 saturated heterocycles. The Labute approximate surface area is 468 Å². The number of likely N-dealkylation sites (tertiary alicyclic amines) is 1.